The van der Waals surface area contributed by atoms with Crippen LogP contribution in [0.5, 0.6) is 11.6 Å². The number of pyridine rings is 1. The van der Waals surface area contributed by atoms with Gasteiger partial charge in [0.1, 0.15) is 36.0 Å². The van der Waals surface area contributed by atoms with E-state index in [-0.39, 0.29) is 23.7 Å². The molecular weight excluding hydrogens is 567 g/mol. The number of nitriles is 1. The van der Waals surface area contributed by atoms with Crippen LogP contribution in [0.25, 0.3) is 10.8 Å². The molecule has 8 rings (SSSR count). The summed E-state index contributed by atoms with van der Waals surface area (Å²) in [7, 11) is 0. The van der Waals surface area contributed by atoms with Crippen LogP contribution in [0.1, 0.15) is 48.8 Å². The topological polar surface area (TPSA) is 87.9 Å². The van der Waals surface area contributed by atoms with E-state index in [2.05, 4.69) is 32.2 Å². The molecule has 4 fully saturated rings. The van der Waals surface area contributed by atoms with Gasteiger partial charge in [0.2, 0.25) is 5.88 Å². The molecule has 0 aliphatic carbocycles. The van der Waals surface area contributed by atoms with Gasteiger partial charge in [-0.1, -0.05) is 24.3 Å². The number of alkyl halides is 1. The Hall–Kier alpha value is -3.32. The Labute approximate surface area is 257 Å². The highest BCUT2D eigenvalue weighted by Gasteiger charge is 2.49. The third kappa shape index (κ3) is 4.84. The molecule has 43 heavy (non-hydrogen) atoms. The van der Waals surface area contributed by atoms with Crippen molar-refractivity contribution in [3.63, 3.8) is 0 Å². The lowest BCUT2D eigenvalue weighted by Gasteiger charge is -2.39. The maximum atomic E-state index is 14.5. The molecule has 0 amide bonds. The number of anilines is 2. The minimum atomic E-state index is -0.835. The summed E-state index contributed by atoms with van der Waals surface area (Å²) in [4.78, 5) is 12.0. The first-order valence-electron chi connectivity index (χ1n) is 15.5. The smallest absolute Gasteiger partial charge is 0.234 e. The van der Waals surface area contributed by atoms with Crippen LogP contribution >= 0.6 is 12.4 Å². The summed E-state index contributed by atoms with van der Waals surface area (Å²) in [5, 5.41) is 26.9. The second-order valence-corrected chi connectivity index (χ2v) is 12.9. The number of nitrogens with zero attached hydrogens (tertiary/aromatic N) is 5. The Balaban J connectivity index is 0.00000300. The minimum Gasteiger partial charge on any atom is -0.508 e. The molecule has 6 heterocycles. The van der Waals surface area contributed by atoms with Crippen molar-refractivity contribution in [3.05, 3.63) is 53.1 Å². The summed E-state index contributed by atoms with van der Waals surface area (Å²) in [6.45, 7) is 4.78. The number of aromatic hydroxyl groups is 1. The number of hydrogen-bond acceptors (Lipinski definition) is 8. The Morgan fingerprint density at radius 3 is 2.72 bits per heavy atom. The van der Waals surface area contributed by atoms with Crippen molar-refractivity contribution in [3.8, 4) is 17.7 Å². The number of halogens is 2. The molecule has 3 unspecified atom stereocenters. The Kier molecular flexibility index (Phi) is 7.27. The molecule has 1 aromatic heterocycles. The van der Waals surface area contributed by atoms with Gasteiger partial charge < -0.3 is 25.0 Å². The predicted molar refractivity (Wildman–Crippen MR) is 167 cm³/mol. The molecule has 4 atom stereocenters. The first-order chi connectivity index (χ1) is 20.5. The van der Waals surface area contributed by atoms with Gasteiger partial charge in [0.15, 0.2) is 0 Å². The lowest BCUT2D eigenvalue weighted by molar-refractivity contribution is 0.110. The molecule has 5 aliphatic rings. The quantitative estimate of drug-likeness (QED) is 0.434. The van der Waals surface area contributed by atoms with E-state index in [1.54, 1.807) is 6.07 Å². The number of fused-ring (bicyclic) bond motifs is 5. The van der Waals surface area contributed by atoms with Gasteiger partial charge in [-0.25, -0.2) is 4.39 Å². The minimum absolute atomic E-state index is 0. The van der Waals surface area contributed by atoms with Crippen molar-refractivity contribution in [1.29, 1.82) is 5.26 Å². The number of benzene rings is 2. The van der Waals surface area contributed by atoms with Crippen LogP contribution in [0, 0.1) is 11.3 Å². The number of aromatic nitrogens is 1. The van der Waals surface area contributed by atoms with E-state index in [1.165, 1.54) is 12.8 Å². The number of ether oxygens (including phenoxy) is 1. The van der Waals surface area contributed by atoms with E-state index in [9.17, 15) is 14.8 Å². The van der Waals surface area contributed by atoms with Crippen LogP contribution in [0.2, 0.25) is 0 Å². The summed E-state index contributed by atoms with van der Waals surface area (Å²) >= 11 is 0. The Morgan fingerprint density at radius 2 is 1.91 bits per heavy atom. The van der Waals surface area contributed by atoms with Gasteiger partial charge in [-0.15, -0.1) is 12.4 Å². The standard InChI is InChI=1S/C33H37FN6O2.ClH/c34-22-14-33(9-3-10-40(33)16-22)20-42-32-28(15-35)29-19-38(30-13-25(41)12-21-4-1-2-5-26(21)30)11-8-27(29)31(37-32)39-17-23-6-7-24(18-39)36-23;/h1-2,4-5,12-13,22-24,36,41H,3,6-11,14,16-20H2;1H/t22-,23?,24?,33?;/m1./s1. The highest BCUT2D eigenvalue weighted by atomic mass is 35.5. The molecule has 4 saturated heterocycles. The van der Waals surface area contributed by atoms with Crippen molar-refractivity contribution >= 4 is 34.7 Å². The lowest BCUT2D eigenvalue weighted by atomic mass is 9.93. The van der Waals surface area contributed by atoms with Crippen LogP contribution in [0.3, 0.4) is 0 Å². The van der Waals surface area contributed by atoms with Crippen molar-refractivity contribution in [1.82, 2.24) is 15.2 Å². The van der Waals surface area contributed by atoms with Crippen LogP contribution in [0.15, 0.2) is 36.4 Å². The van der Waals surface area contributed by atoms with Gasteiger partial charge in [-0.2, -0.15) is 10.2 Å². The van der Waals surface area contributed by atoms with Crippen molar-refractivity contribution in [2.75, 3.05) is 49.1 Å². The zero-order chi connectivity index (χ0) is 28.4. The van der Waals surface area contributed by atoms with E-state index in [4.69, 9.17) is 9.72 Å². The molecule has 3 aromatic rings. The molecule has 8 nitrogen and oxygen atoms in total. The number of hydrogen-bond donors (Lipinski definition) is 2. The fourth-order valence-electron chi connectivity index (χ4n) is 8.43. The predicted octanol–water partition coefficient (Wildman–Crippen LogP) is 4.69. The van der Waals surface area contributed by atoms with E-state index in [1.807, 2.05) is 24.3 Å². The first kappa shape index (κ1) is 28.5. The van der Waals surface area contributed by atoms with E-state index in [0.29, 0.717) is 49.6 Å². The number of phenolic OH excluding ortho intramolecular Hbond substituents is 1. The molecule has 2 bridgehead atoms. The van der Waals surface area contributed by atoms with E-state index < -0.39 is 6.17 Å². The average Bonchev–Trinajstić information content (AvgIpc) is 3.64. The zero-order valence-electron chi connectivity index (χ0n) is 24.3. The van der Waals surface area contributed by atoms with Crippen molar-refractivity contribution in [2.24, 2.45) is 0 Å². The van der Waals surface area contributed by atoms with Crippen LogP contribution in [-0.4, -0.2) is 78.1 Å². The zero-order valence-corrected chi connectivity index (χ0v) is 25.1. The maximum Gasteiger partial charge on any atom is 0.234 e. The van der Waals surface area contributed by atoms with Gasteiger partial charge in [0, 0.05) is 79.5 Å². The number of nitrogens with one attached hydrogen (secondary N) is 1. The summed E-state index contributed by atoms with van der Waals surface area (Å²) in [5.41, 5.74) is 3.21. The highest BCUT2D eigenvalue weighted by Crippen LogP contribution is 2.43. The van der Waals surface area contributed by atoms with E-state index in [0.717, 1.165) is 78.8 Å². The molecule has 226 valence electrons. The SMILES string of the molecule is Cl.N#Cc1c(OCC23CCCN2C[C@H](F)C3)nc(N2CC3CCC(C2)N3)c2c1CN(c1cc(O)cc3ccccc13)CC2. The lowest BCUT2D eigenvalue weighted by Crippen LogP contribution is -2.52. The van der Waals surface area contributed by atoms with Crippen LogP contribution < -0.4 is 19.9 Å². The third-order valence-electron chi connectivity index (χ3n) is 10.4. The number of piperazine rings is 1. The third-order valence-corrected chi connectivity index (χ3v) is 10.4. The Morgan fingerprint density at radius 1 is 1.09 bits per heavy atom. The second kappa shape index (κ2) is 11.0. The van der Waals surface area contributed by atoms with Gasteiger partial charge in [-0.3, -0.25) is 4.90 Å². The van der Waals surface area contributed by atoms with Crippen molar-refractivity contribution < 1.29 is 14.2 Å². The Bertz CT molecular complexity index is 1590. The van der Waals surface area contributed by atoms with Crippen molar-refractivity contribution in [2.45, 2.75) is 68.9 Å². The normalized spacial score (nSPS) is 28.0. The van der Waals surface area contributed by atoms with Gasteiger partial charge >= 0.3 is 0 Å². The molecule has 10 heteroatoms. The summed E-state index contributed by atoms with van der Waals surface area (Å²) in [6.07, 6.45) is 4.68. The largest absolute Gasteiger partial charge is 0.508 e. The average molecular weight is 605 g/mol. The monoisotopic (exact) mass is 604 g/mol. The number of phenols is 1. The fourth-order valence-corrected chi connectivity index (χ4v) is 8.43. The summed E-state index contributed by atoms with van der Waals surface area (Å²) in [5.74, 6) is 1.55. The molecule has 2 N–H and O–H groups in total. The summed E-state index contributed by atoms with van der Waals surface area (Å²) in [6, 6.07) is 15.1. The van der Waals surface area contributed by atoms with Crippen LogP contribution in [0.4, 0.5) is 15.9 Å². The fraction of sp³-hybridized carbons (Fsp3) is 0.515. The molecule has 0 saturated carbocycles. The number of rotatable bonds is 5. The van der Waals surface area contributed by atoms with Gasteiger partial charge in [0.25, 0.3) is 0 Å². The first-order valence-corrected chi connectivity index (χ1v) is 15.5. The van der Waals surface area contributed by atoms with Gasteiger partial charge in [-0.05, 0) is 50.1 Å². The molecular formula is C33H38ClFN6O2. The molecule has 2 aromatic carbocycles. The van der Waals surface area contributed by atoms with Crippen LogP contribution in [-0.2, 0) is 13.0 Å². The second-order valence-electron chi connectivity index (χ2n) is 12.9. The van der Waals surface area contributed by atoms with E-state index >= 15 is 0 Å². The summed E-state index contributed by atoms with van der Waals surface area (Å²) < 4.78 is 21.0. The highest BCUT2D eigenvalue weighted by molar-refractivity contribution is 5.95. The maximum absolute atomic E-state index is 14.5. The molecule has 0 radical (unpaired) electrons. The molecule has 5 aliphatic heterocycles. The molecule has 0 spiro atoms. The van der Waals surface area contributed by atoms with Gasteiger partial charge in [0.05, 0.1) is 5.54 Å².